The van der Waals surface area contributed by atoms with Crippen molar-refractivity contribution in [3.63, 3.8) is 0 Å². The zero-order valence-corrected chi connectivity index (χ0v) is 8.89. The van der Waals surface area contributed by atoms with Crippen molar-refractivity contribution in [1.29, 1.82) is 0 Å². The number of nitrogen functional groups attached to an aromatic ring is 1. The zero-order valence-electron chi connectivity index (χ0n) is 8.08. The van der Waals surface area contributed by atoms with E-state index >= 15 is 0 Å². The van der Waals surface area contributed by atoms with Crippen molar-refractivity contribution in [2.45, 2.75) is 32.3 Å². The van der Waals surface area contributed by atoms with Crippen LogP contribution in [0.3, 0.4) is 0 Å². The minimum atomic E-state index is -0.223. The van der Waals surface area contributed by atoms with Crippen molar-refractivity contribution in [3.8, 4) is 0 Å². The molecule has 76 valence electrons. The van der Waals surface area contributed by atoms with E-state index in [1.807, 2.05) is 6.92 Å². The molecule has 0 radical (unpaired) electrons. The molecule has 0 bridgehead atoms. The van der Waals surface area contributed by atoms with Crippen molar-refractivity contribution in [2.24, 2.45) is 0 Å². The molecule has 1 saturated carbocycles. The van der Waals surface area contributed by atoms with Crippen LogP contribution in [0.4, 0.5) is 5.69 Å². The number of anilines is 1. The Hall–Kier alpha value is -1.03. The summed E-state index contributed by atoms with van der Waals surface area (Å²) in [5.74, 6) is -0.223. The number of esters is 1. The SMILES string of the molecule is Cc1sc(C(=O)OC2CCC2)cc1N. The van der Waals surface area contributed by atoms with Gasteiger partial charge >= 0.3 is 5.97 Å². The topological polar surface area (TPSA) is 52.3 Å². The number of thiophene rings is 1. The molecular weight excluding hydrogens is 198 g/mol. The van der Waals surface area contributed by atoms with Gasteiger partial charge in [0.1, 0.15) is 11.0 Å². The molecule has 0 saturated heterocycles. The Bertz CT molecular complexity index is 336. The van der Waals surface area contributed by atoms with E-state index in [9.17, 15) is 4.79 Å². The highest BCUT2D eigenvalue weighted by molar-refractivity contribution is 7.14. The average Bonchev–Trinajstić information content (AvgIpc) is 2.40. The van der Waals surface area contributed by atoms with E-state index in [0.29, 0.717) is 10.6 Å². The van der Waals surface area contributed by atoms with Crippen molar-refractivity contribution in [1.82, 2.24) is 0 Å². The molecule has 1 aromatic rings. The maximum atomic E-state index is 11.5. The van der Waals surface area contributed by atoms with E-state index in [1.54, 1.807) is 6.07 Å². The number of hydrogen-bond donors (Lipinski definition) is 1. The molecule has 4 heteroatoms. The molecule has 3 nitrogen and oxygen atoms in total. The fourth-order valence-corrected chi connectivity index (χ4v) is 2.12. The van der Waals surface area contributed by atoms with Gasteiger partial charge in [-0.1, -0.05) is 0 Å². The minimum absolute atomic E-state index is 0.145. The Morgan fingerprint density at radius 2 is 2.36 bits per heavy atom. The molecule has 1 heterocycles. The first kappa shape index (κ1) is 9.52. The Morgan fingerprint density at radius 3 is 2.79 bits per heavy atom. The summed E-state index contributed by atoms with van der Waals surface area (Å²) in [6.45, 7) is 1.90. The quantitative estimate of drug-likeness (QED) is 0.764. The first-order valence-electron chi connectivity index (χ1n) is 4.73. The number of aryl methyl sites for hydroxylation is 1. The third kappa shape index (κ3) is 1.75. The van der Waals surface area contributed by atoms with Crippen molar-refractivity contribution < 1.29 is 9.53 Å². The summed E-state index contributed by atoms with van der Waals surface area (Å²) in [5, 5.41) is 0. The monoisotopic (exact) mass is 211 g/mol. The third-order valence-corrected chi connectivity index (χ3v) is 3.53. The number of rotatable bonds is 2. The molecule has 2 rings (SSSR count). The van der Waals surface area contributed by atoms with Gasteiger partial charge in [-0.3, -0.25) is 0 Å². The summed E-state index contributed by atoms with van der Waals surface area (Å²) in [7, 11) is 0. The van der Waals surface area contributed by atoms with Crippen LogP contribution >= 0.6 is 11.3 Å². The number of nitrogens with two attached hydrogens (primary N) is 1. The van der Waals surface area contributed by atoms with E-state index in [2.05, 4.69) is 0 Å². The molecule has 1 fully saturated rings. The number of carbonyl (C=O) groups excluding carboxylic acids is 1. The van der Waals surface area contributed by atoms with Crippen LogP contribution in [-0.4, -0.2) is 12.1 Å². The highest BCUT2D eigenvalue weighted by atomic mass is 32.1. The zero-order chi connectivity index (χ0) is 10.1. The Balaban J connectivity index is 2.02. The first-order valence-corrected chi connectivity index (χ1v) is 5.55. The molecule has 1 aliphatic carbocycles. The summed E-state index contributed by atoms with van der Waals surface area (Å²) in [5.41, 5.74) is 6.33. The van der Waals surface area contributed by atoms with Crippen LogP contribution in [0.15, 0.2) is 6.07 Å². The lowest BCUT2D eigenvalue weighted by atomic mass is 9.96. The fraction of sp³-hybridized carbons (Fsp3) is 0.500. The third-order valence-electron chi connectivity index (χ3n) is 2.48. The van der Waals surface area contributed by atoms with Crippen LogP contribution in [0.25, 0.3) is 0 Å². The van der Waals surface area contributed by atoms with Crippen LogP contribution in [-0.2, 0) is 4.74 Å². The highest BCUT2D eigenvalue weighted by Gasteiger charge is 2.23. The largest absolute Gasteiger partial charge is 0.458 e. The molecule has 1 aromatic heterocycles. The average molecular weight is 211 g/mol. The van der Waals surface area contributed by atoms with Crippen LogP contribution in [0.5, 0.6) is 0 Å². The lowest BCUT2D eigenvalue weighted by Crippen LogP contribution is -2.24. The summed E-state index contributed by atoms with van der Waals surface area (Å²) >= 11 is 1.40. The van der Waals surface area contributed by atoms with Gasteiger partial charge in [0.05, 0.1) is 0 Å². The van der Waals surface area contributed by atoms with E-state index in [1.165, 1.54) is 17.8 Å². The number of ether oxygens (including phenoxy) is 1. The molecule has 0 aromatic carbocycles. The summed E-state index contributed by atoms with van der Waals surface area (Å²) in [4.78, 5) is 13.1. The Morgan fingerprint density at radius 1 is 1.64 bits per heavy atom. The van der Waals surface area contributed by atoms with Crippen LogP contribution in [0.1, 0.15) is 33.8 Å². The second kappa shape index (κ2) is 3.61. The predicted octanol–water partition coefficient (Wildman–Crippen LogP) is 2.35. The number of carbonyl (C=O) groups is 1. The van der Waals surface area contributed by atoms with E-state index in [0.717, 1.165) is 17.7 Å². The minimum Gasteiger partial charge on any atom is -0.458 e. The van der Waals surface area contributed by atoms with Crippen LogP contribution < -0.4 is 5.73 Å². The van der Waals surface area contributed by atoms with Gasteiger partial charge in [-0.25, -0.2) is 4.79 Å². The van der Waals surface area contributed by atoms with E-state index in [-0.39, 0.29) is 12.1 Å². The Labute approximate surface area is 86.9 Å². The lowest BCUT2D eigenvalue weighted by Gasteiger charge is -2.24. The van der Waals surface area contributed by atoms with Crippen molar-refractivity contribution in [2.75, 3.05) is 5.73 Å². The second-order valence-electron chi connectivity index (χ2n) is 3.58. The first-order chi connectivity index (χ1) is 6.66. The molecule has 0 spiro atoms. The molecular formula is C10H13NO2S. The maximum Gasteiger partial charge on any atom is 0.348 e. The molecule has 0 unspecified atom stereocenters. The highest BCUT2D eigenvalue weighted by Crippen LogP contribution is 2.27. The second-order valence-corrected chi connectivity index (χ2v) is 4.84. The summed E-state index contributed by atoms with van der Waals surface area (Å²) in [6.07, 6.45) is 3.33. The van der Waals surface area contributed by atoms with Gasteiger partial charge in [-0.2, -0.15) is 0 Å². The molecule has 0 atom stereocenters. The number of hydrogen-bond acceptors (Lipinski definition) is 4. The molecule has 2 N–H and O–H groups in total. The van der Waals surface area contributed by atoms with E-state index < -0.39 is 0 Å². The molecule has 0 amide bonds. The summed E-state index contributed by atoms with van der Waals surface area (Å²) in [6, 6.07) is 1.70. The van der Waals surface area contributed by atoms with Gasteiger partial charge in [0, 0.05) is 10.6 Å². The lowest BCUT2D eigenvalue weighted by molar-refractivity contribution is 0.00956. The standard InChI is InChI=1S/C10H13NO2S/c1-6-8(11)5-9(14-6)10(12)13-7-3-2-4-7/h5,7H,2-4,11H2,1H3. The van der Waals surface area contributed by atoms with Crippen LogP contribution in [0, 0.1) is 6.92 Å². The molecule has 1 aliphatic rings. The van der Waals surface area contributed by atoms with Gasteiger partial charge in [0.2, 0.25) is 0 Å². The van der Waals surface area contributed by atoms with Gasteiger partial charge in [0.15, 0.2) is 0 Å². The van der Waals surface area contributed by atoms with E-state index in [4.69, 9.17) is 10.5 Å². The van der Waals surface area contributed by atoms with Gasteiger partial charge in [0.25, 0.3) is 0 Å². The normalized spacial score (nSPS) is 16.4. The fourth-order valence-electron chi connectivity index (χ4n) is 1.29. The van der Waals surface area contributed by atoms with Crippen molar-refractivity contribution >= 4 is 23.0 Å². The summed E-state index contributed by atoms with van der Waals surface area (Å²) < 4.78 is 5.26. The smallest absolute Gasteiger partial charge is 0.348 e. The van der Waals surface area contributed by atoms with Gasteiger partial charge < -0.3 is 10.5 Å². The Kier molecular flexibility index (Phi) is 2.46. The maximum absolute atomic E-state index is 11.5. The van der Waals surface area contributed by atoms with Gasteiger partial charge in [-0.05, 0) is 32.3 Å². The molecule has 14 heavy (non-hydrogen) atoms. The van der Waals surface area contributed by atoms with Gasteiger partial charge in [-0.15, -0.1) is 11.3 Å². The van der Waals surface area contributed by atoms with Crippen molar-refractivity contribution in [3.05, 3.63) is 15.8 Å². The molecule has 0 aliphatic heterocycles. The van der Waals surface area contributed by atoms with Crippen LogP contribution in [0.2, 0.25) is 0 Å². The predicted molar refractivity (Wildman–Crippen MR) is 56.5 cm³/mol.